The number of aromatic hydroxyl groups is 2. The number of ketones is 1. The van der Waals surface area contributed by atoms with E-state index in [1.165, 1.54) is 12.1 Å². The van der Waals surface area contributed by atoms with E-state index in [1.54, 1.807) is 12.5 Å². The van der Waals surface area contributed by atoms with Crippen molar-refractivity contribution in [2.45, 2.75) is 9.79 Å². The molecule has 0 aliphatic carbocycles. The molecule has 21 heavy (non-hydrogen) atoms. The topological polar surface area (TPSA) is 57.5 Å². The Morgan fingerprint density at radius 3 is 1.62 bits per heavy atom. The summed E-state index contributed by atoms with van der Waals surface area (Å²) in [6.07, 6.45) is 3.25. The molecule has 6 heteroatoms. The number of carbonyl (C=O) groups excluding carboxylic acids is 1. The molecule has 2 aromatic rings. The Balaban J connectivity index is 2.46. The summed E-state index contributed by atoms with van der Waals surface area (Å²) >= 11 is 0. The maximum Gasteiger partial charge on any atom is 0.195 e. The normalized spacial score (nSPS) is 17.0. The van der Waals surface area contributed by atoms with Crippen LogP contribution in [-0.2, 0) is 0 Å². The average molecular weight is 310 g/mol. The van der Waals surface area contributed by atoms with Crippen LogP contribution in [0.15, 0.2) is 34.1 Å². The Kier molecular flexibility index (Phi) is 2.78. The van der Waals surface area contributed by atoms with E-state index in [4.69, 9.17) is 0 Å². The molecule has 0 saturated heterocycles. The minimum absolute atomic E-state index is 0.0181. The highest BCUT2D eigenvalue weighted by Gasteiger charge is 2.39. The maximum absolute atomic E-state index is 14.3. The second kappa shape index (κ2) is 4.21. The Morgan fingerprint density at radius 1 is 0.857 bits per heavy atom. The summed E-state index contributed by atoms with van der Waals surface area (Å²) in [5.41, 5.74) is 0.255. The van der Waals surface area contributed by atoms with Crippen LogP contribution >= 0.6 is 10.0 Å². The number of rotatable bonds is 0. The second-order valence-corrected chi connectivity index (χ2v) is 8.68. The Hall–Kier alpha value is -2.08. The van der Waals surface area contributed by atoms with Gasteiger partial charge in [0.05, 0.1) is 0 Å². The van der Waals surface area contributed by atoms with E-state index < -0.39 is 38.9 Å². The van der Waals surface area contributed by atoms with E-state index in [9.17, 15) is 23.8 Å². The highest BCUT2D eigenvalue weighted by Crippen LogP contribution is 2.64. The Labute approximate surface area is 121 Å². The number of carbonyl (C=O) groups is 1. The van der Waals surface area contributed by atoms with Gasteiger partial charge in [0.25, 0.3) is 0 Å². The van der Waals surface area contributed by atoms with Crippen molar-refractivity contribution in [2.24, 2.45) is 0 Å². The fraction of sp³-hybridized carbons (Fsp3) is 0.133. The van der Waals surface area contributed by atoms with Crippen molar-refractivity contribution < 1.29 is 23.8 Å². The number of hydrogen-bond acceptors (Lipinski definition) is 3. The van der Waals surface area contributed by atoms with Gasteiger partial charge in [-0.05, 0) is 36.8 Å². The summed E-state index contributed by atoms with van der Waals surface area (Å²) in [4.78, 5) is 12.5. The van der Waals surface area contributed by atoms with Gasteiger partial charge in [-0.2, -0.15) is 10.0 Å². The lowest BCUT2D eigenvalue weighted by molar-refractivity contribution is 0.103. The van der Waals surface area contributed by atoms with Gasteiger partial charge in [-0.1, -0.05) is 0 Å². The third-order valence-corrected chi connectivity index (χ3v) is 6.50. The van der Waals surface area contributed by atoms with Crippen LogP contribution in [0.3, 0.4) is 0 Å². The van der Waals surface area contributed by atoms with Crippen molar-refractivity contribution in [1.29, 1.82) is 0 Å². The number of benzene rings is 2. The van der Waals surface area contributed by atoms with Gasteiger partial charge in [-0.25, -0.2) is 8.78 Å². The van der Waals surface area contributed by atoms with Gasteiger partial charge in [-0.3, -0.25) is 4.79 Å². The maximum atomic E-state index is 14.3. The summed E-state index contributed by atoms with van der Waals surface area (Å²) in [6.45, 7) is 0. The molecular weight excluding hydrogens is 298 g/mol. The molecule has 0 unspecified atom stereocenters. The number of phenolic OH excluding ortho intramolecular Hbond substituents is 2. The van der Waals surface area contributed by atoms with Crippen molar-refractivity contribution in [3.63, 3.8) is 0 Å². The summed E-state index contributed by atoms with van der Waals surface area (Å²) in [5.74, 6) is -3.48. The number of phenols is 2. The lowest BCUT2D eigenvalue weighted by Gasteiger charge is -2.39. The van der Waals surface area contributed by atoms with Gasteiger partial charge >= 0.3 is 0 Å². The van der Waals surface area contributed by atoms with E-state index in [-0.39, 0.29) is 20.9 Å². The molecule has 0 atom stereocenters. The van der Waals surface area contributed by atoms with Crippen LogP contribution < -0.4 is 0 Å². The zero-order valence-corrected chi connectivity index (χ0v) is 12.1. The monoisotopic (exact) mass is 310 g/mol. The van der Waals surface area contributed by atoms with E-state index in [0.717, 1.165) is 12.1 Å². The summed E-state index contributed by atoms with van der Waals surface area (Å²) in [6, 6.07) is 4.92. The fourth-order valence-electron chi connectivity index (χ4n) is 2.69. The minimum atomic E-state index is -2.23. The molecule has 1 aliphatic heterocycles. The van der Waals surface area contributed by atoms with Crippen LogP contribution in [-0.4, -0.2) is 28.5 Å². The predicted molar refractivity (Wildman–Crippen MR) is 75.5 cm³/mol. The predicted octanol–water partition coefficient (Wildman–Crippen LogP) is 3.40. The number of halogens is 2. The van der Waals surface area contributed by atoms with Crippen LogP contribution in [0.1, 0.15) is 15.9 Å². The van der Waals surface area contributed by atoms with Crippen LogP contribution in [0.25, 0.3) is 0 Å². The molecule has 0 spiro atoms. The first-order valence-electron chi connectivity index (χ1n) is 6.08. The lowest BCUT2D eigenvalue weighted by Crippen LogP contribution is -2.20. The number of fused-ring (bicyclic) bond motifs is 2. The largest absolute Gasteiger partial charge is 0.505 e. The van der Waals surface area contributed by atoms with Crippen LogP contribution in [0.4, 0.5) is 8.78 Å². The van der Waals surface area contributed by atoms with Gasteiger partial charge in [0, 0.05) is 20.9 Å². The van der Waals surface area contributed by atoms with Crippen molar-refractivity contribution in [2.75, 3.05) is 12.5 Å². The molecule has 0 amide bonds. The van der Waals surface area contributed by atoms with Crippen molar-refractivity contribution in [1.82, 2.24) is 0 Å². The first-order chi connectivity index (χ1) is 9.76. The minimum Gasteiger partial charge on any atom is -0.505 e. The summed E-state index contributed by atoms with van der Waals surface area (Å²) < 4.78 is 28.6. The van der Waals surface area contributed by atoms with Crippen LogP contribution in [0, 0.1) is 11.6 Å². The quantitative estimate of drug-likeness (QED) is 0.784. The molecule has 2 aromatic carbocycles. The molecule has 3 nitrogen and oxygen atoms in total. The van der Waals surface area contributed by atoms with Gasteiger partial charge in [0.1, 0.15) is 0 Å². The standard InChI is InChI=1S/C15H12F2O3S/c1-21(2)14-7(3-5-9(18)11(14)16)13(20)8-4-6-10(19)12(17)15(8)21/h3-6,18-19H,1-2H3. The molecular formula is C15H12F2O3S. The van der Waals surface area contributed by atoms with E-state index in [0.29, 0.717) is 0 Å². The van der Waals surface area contributed by atoms with Crippen molar-refractivity contribution in [3.8, 4) is 11.5 Å². The number of hydrogen-bond donors (Lipinski definition) is 2. The smallest absolute Gasteiger partial charge is 0.195 e. The Bertz CT molecular complexity index is 736. The molecule has 0 fully saturated rings. The third kappa shape index (κ3) is 1.68. The first-order valence-corrected chi connectivity index (χ1v) is 8.52. The summed E-state index contributed by atoms with van der Waals surface area (Å²) in [7, 11) is -2.23. The SMILES string of the molecule is CS1(C)c2c(ccc(O)c2F)C(=O)c2ccc(O)c(F)c21. The molecule has 1 aliphatic rings. The molecule has 0 aromatic heterocycles. The molecule has 1 heterocycles. The van der Waals surface area contributed by atoms with Crippen LogP contribution in [0.5, 0.6) is 11.5 Å². The molecule has 0 bridgehead atoms. The fourth-order valence-corrected chi connectivity index (χ4v) is 5.42. The highest BCUT2D eigenvalue weighted by atomic mass is 32.3. The zero-order valence-electron chi connectivity index (χ0n) is 11.3. The zero-order chi connectivity index (χ0) is 15.5. The summed E-state index contributed by atoms with van der Waals surface area (Å²) in [5, 5.41) is 19.1. The third-order valence-electron chi connectivity index (χ3n) is 3.66. The average Bonchev–Trinajstić information content (AvgIpc) is 2.42. The van der Waals surface area contributed by atoms with Crippen molar-refractivity contribution >= 4 is 15.8 Å². The van der Waals surface area contributed by atoms with E-state index in [1.807, 2.05) is 0 Å². The highest BCUT2D eigenvalue weighted by molar-refractivity contribution is 8.33. The molecule has 110 valence electrons. The van der Waals surface area contributed by atoms with Gasteiger partial charge in [0.2, 0.25) is 0 Å². The van der Waals surface area contributed by atoms with Crippen molar-refractivity contribution in [3.05, 3.63) is 47.0 Å². The molecule has 0 saturated carbocycles. The molecule has 2 N–H and O–H groups in total. The lowest BCUT2D eigenvalue weighted by atomic mass is 10.0. The first kappa shape index (κ1) is 13.9. The van der Waals surface area contributed by atoms with E-state index >= 15 is 0 Å². The molecule has 3 rings (SSSR count). The van der Waals surface area contributed by atoms with E-state index in [2.05, 4.69) is 0 Å². The van der Waals surface area contributed by atoms with Gasteiger partial charge in [-0.15, -0.1) is 0 Å². The van der Waals surface area contributed by atoms with Gasteiger partial charge in [0.15, 0.2) is 28.9 Å². The Morgan fingerprint density at radius 2 is 1.24 bits per heavy atom. The van der Waals surface area contributed by atoms with Gasteiger partial charge < -0.3 is 10.2 Å². The molecule has 0 radical (unpaired) electrons. The van der Waals surface area contributed by atoms with Crippen LogP contribution in [0.2, 0.25) is 0 Å². The second-order valence-electron chi connectivity index (χ2n) is 5.21.